The molecular formula is C18H21N3OS. The number of rotatable bonds is 6. The Morgan fingerprint density at radius 1 is 1.09 bits per heavy atom. The van der Waals surface area contributed by atoms with Crippen LogP contribution in [0.1, 0.15) is 12.5 Å². The summed E-state index contributed by atoms with van der Waals surface area (Å²) in [5.41, 5.74) is 2.26. The van der Waals surface area contributed by atoms with Gasteiger partial charge in [0.25, 0.3) is 0 Å². The fraction of sp³-hybridized carbons (Fsp3) is 0.278. The molecule has 0 unspecified atom stereocenters. The molecule has 0 bridgehead atoms. The van der Waals surface area contributed by atoms with Crippen LogP contribution in [-0.2, 0) is 11.3 Å². The lowest BCUT2D eigenvalue weighted by atomic mass is 10.2. The molecule has 0 saturated carbocycles. The lowest BCUT2D eigenvalue weighted by Gasteiger charge is -2.08. The molecule has 1 aliphatic heterocycles. The molecule has 0 saturated heterocycles. The molecule has 0 atom stereocenters. The van der Waals surface area contributed by atoms with Crippen molar-refractivity contribution in [2.24, 2.45) is 4.99 Å². The van der Waals surface area contributed by atoms with Gasteiger partial charge in [-0.15, -0.1) is 0 Å². The first-order chi connectivity index (χ1) is 11.3. The minimum absolute atomic E-state index is 0.680. The van der Waals surface area contributed by atoms with Crippen LogP contribution in [0.2, 0.25) is 0 Å². The van der Waals surface area contributed by atoms with Gasteiger partial charge in [-0.25, -0.2) is 0 Å². The summed E-state index contributed by atoms with van der Waals surface area (Å²) in [7, 11) is 0. The first kappa shape index (κ1) is 15.9. The van der Waals surface area contributed by atoms with E-state index in [1.807, 2.05) is 6.92 Å². The van der Waals surface area contributed by atoms with E-state index in [0.29, 0.717) is 6.61 Å². The molecule has 23 heavy (non-hydrogen) atoms. The number of nitrogens with one attached hydrogen (secondary N) is 2. The molecule has 0 radical (unpaired) electrons. The van der Waals surface area contributed by atoms with Crippen LogP contribution in [0.3, 0.4) is 0 Å². The summed E-state index contributed by atoms with van der Waals surface area (Å²) in [5, 5.41) is 6.48. The molecule has 2 aromatic carbocycles. The normalized spacial score (nSPS) is 13.5. The molecule has 120 valence electrons. The average molecular weight is 327 g/mol. The topological polar surface area (TPSA) is 45.6 Å². The number of hydrogen-bond donors (Lipinski definition) is 2. The zero-order valence-corrected chi connectivity index (χ0v) is 14.0. The number of hydrogen-bond acceptors (Lipinski definition) is 5. The maximum Gasteiger partial charge on any atom is 0.195 e. The Morgan fingerprint density at radius 2 is 1.78 bits per heavy atom. The van der Waals surface area contributed by atoms with Gasteiger partial charge in [-0.3, -0.25) is 4.99 Å². The summed E-state index contributed by atoms with van der Waals surface area (Å²) in [6.45, 7) is 5.20. The third kappa shape index (κ3) is 4.74. The fourth-order valence-electron chi connectivity index (χ4n) is 2.23. The van der Waals surface area contributed by atoms with Crippen LogP contribution >= 0.6 is 11.8 Å². The van der Waals surface area contributed by atoms with Gasteiger partial charge in [0, 0.05) is 28.6 Å². The zero-order chi connectivity index (χ0) is 15.9. The second kappa shape index (κ2) is 8.04. The summed E-state index contributed by atoms with van der Waals surface area (Å²) in [5.74, 6) is 0.857. The number of ether oxygens (including phenoxy) is 1. The maximum absolute atomic E-state index is 5.42. The highest BCUT2D eigenvalue weighted by molar-refractivity contribution is 7.99. The first-order valence-electron chi connectivity index (χ1n) is 7.83. The van der Waals surface area contributed by atoms with Crippen LogP contribution in [0.4, 0.5) is 5.69 Å². The predicted octanol–water partition coefficient (Wildman–Crippen LogP) is 3.75. The van der Waals surface area contributed by atoms with E-state index >= 15 is 0 Å². The van der Waals surface area contributed by atoms with Crippen LogP contribution in [0.25, 0.3) is 0 Å². The molecule has 0 fully saturated rings. The molecule has 1 aliphatic rings. The first-order valence-corrected chi connectivity index (χ1v) is 8.65. The number of aliphatic imine (C=N–C) groups is 1. The van der Waals surface area contributed by atoms with Crippen molar-refractivity contribution in [3.8, 4) is 0 Å². The number of nitrogens with zero attached hydrogens (tertiary/aromatic N) is 1. The van der Waals surface area contributed by atoms with Crippen molar-refractivity contribution in [2.45, 2.75) is 23.3 Å². The van der Waals surface area contributed by atoms with Gasteiger partial charge in [0.15, 0.2) is 5.96 Å². The average Bonchev–Trinajstić information content (AvgIpc) is 3.09. The molecule has 4 nitrogen and oxygen atoms in total. The quantitative estimate of drug-likeness (QED) is 0.848. The van der Waals surface area contributed by atoms with Crippen LogP contribution < -0.4 is 10.6 Å². The van der Waals surface area contributed by atoms with E-state index in [1.165, 1.54) is 15.4 Å². The lowest BCUT2D eigenvalue weighted by Crippen LogP contribution is -2.26. The van der Waals surface area contributed by atoms with Crippen molar-refractivity contribution < 1.29 is 4.74 Å². The third-order valence-electron chi connectivity index (χ3n) is 3.42. The van der Waals surface area contributed by atoms with Gasteiger partial charge in [0.2, 0.25) is 0 Å². The highest BCUT2D eigenvalue weighted by Crippen LogP contribution is 2.28. The Labute approximate surface area is 141 Å². The van der Waals surface area contributed by atoms with Crippen LogP contribution in [0.5, 0.6) is 0 Å². The largest absolute Gasteiger partial charge is 0.377 e. The standard InChI is InChI=1S/C18H21N3OS/c1-2-22-13-14-3-7-16(8-4-14)23-17-9-5-15(6-10-17)21-18-19-11-12-20-18/h3-10H,2,11-13H2,1H3,(H2,19,20,21). The SMILES string of the molecule is CCOCc1ccc(Sc2ccc(NC3=NCCN3)cc2)cc1. The summed E-state index contributed by atoms with van der Waals surface area (Å²) in [4.78, 5) is 6.78. The molecule has 0 amide bonds. The summed E-state index contributed by atoms with van der Waals surface area (Å²) >= 11 is 1.76. The molecule has 0 spiro atoms. The molecule has 3 rings (SSSR count). The van der Waals surface area contributed by atoms with Gasteiger partial charge in [-0.1, -0.05) is 23.9 Å². The number of guanidine groups is 1. The number of benzene rings is 2. The molecule has 0 aromatic heterocycles. The molecule has 2 aromatic rings. The zero-order valence-electron chi connectivity index (χ0n) is 13.2. The minimum Gasteiger partial charge on any atom is -0.377 e. The van der Waals surface area contributed by atoms with E-state index in [2.05, 4.69) is 64.2 Å². The summed E-state index contributed by atoms with van der Waals surface area (Å²) < 4.78 is 5.42. The Bertz CT molecular complexity index is 653. The fourth-order valence-corrected chi connectivity index (χ4v) is 3.05. The molecule has 0 aliphatic carbocycles. The van der Waals surface area contributed by atoms with E-state index in [4.69, 9.17) is 4.74 Å². The molecule has 5 heteroatoms. The van der Waals surface area contributed by atoms with E-state index in [9.17, 15) is 0 Å². The van der Waals surface area contributed by atoms with Gasteiger partial charge < -0.3 is 15.4 Å². The van der Waals surface area contributed by atoms with E-state index in [-0.39, 0.29) is 0 Å². The van der Waals surface area contributed by atoms with Gasteiger partial charge >= 0.3 is 0 Å². The third-order valence-corrected chi connectivity index (χ3v) is 4.44. The summed E-state index contributed by atoms with van der Waals surface area (Å²) in [6.07, 6.45) is 0. The van der Waals surface area contributed by atoms with Crippen molar-refractivity contribution in [1.82, 2.24) is 5.32 Å². The Morgan fingerprint density at radius 3 is 2.39 bits per heavy atom. The van der Waals surface area contributed by atoms with Crippen LogP contribution in [-0.4, -0.2) is 25.7 Å². The summed E-state index contributed by atoms with van der Waals surface area (Å²) in [6, 6.07) is 16.9. The second-order valence-corrected chi connectivity index (χ2v) is 6.34. The van der Waals surface area contributed by atoms with Gasteiger partial charge in [0.1, 0.15) is 0 Å². The van der Waals surface area contributed by atoms with Crippen molar-refractivity contribution in [3.63, 3.8) is 0 Å². The number of anilines is 1. The monoisotopic (exact) mass is 327 g/mol. The minimum atomic E-state index is 0.680. The van der Waals surface area contributed by atoms with Crippen LogP contribution in [0, 0.1) is 0 Å². The Hall–Kier alpha value is -1.98. The predicted molar refractivity (Wildman–Crippen MR) is 96.3 cm³/mol. The van der Waals surface area contributed by atoms with Crippen molar-refractivity contribution in [3.05, 3.63) is 54.1 Å². The Kier molecular flexibility index (Phi) is 5.56. The van der Waals surface area contributed by atoms with E-state index < -0.39 is 0 Å². The van der Waals surface area contributed by atoms with Gasteiger partial charge in [-0.2, -0.15) is 0 Å². The smallest absolute Gasteiger partial charge is 0.195 e. The van der Waals surface area contributed by atoms with Gasteiger partial charge in [-0.05, 0) is 48.9 Å². The molecule has 1 heterocycles. The van der Waals surface area contributed by atoms with Crippen LogP contribution in [0.15, 0.2) is 63.3 Å². The van der Waals surface area contributed by atoms with Gasteiger partial charge in [0.05, 0.1) is 13.2 Å². The maximum atomic E-state index is 5.42. The van der Waals surface area contributed by atoms with E-state index in [1.54, 1.807) is 11.8 Å². The lowest BCUT2D eigenvalue weighted by molar-refractivity contribution is 0.134. The van der Waals surface area contributed by atoms with Crippen molar-refractivity contribution in [1.29, 1.82) is 0 Å². The molecular weight excluding hydrogens is 306 g/mol. The Balaban J connectivity index is 1.57. The van der Waals surface area contributed by atoms with Crippen molar-refractivity contribution >= 4 is 23.4 Å². The highest BCUT2D eigenvalue weighted by atomic mass is 32.2. The molecule has 2 N–H and O–H groups in total. The van der Waals surface area contributed by atoms with E-state index in [0.717, 1.165) is 31.3 Å². The van der Waals surface area contributed by atoms with Crippen molar-refractivity contribution in [2.75, 3.05) is 25.0 Å². The highest BCUT2D eigenvalue weighted by Gasteiger charge is 2.05. The second-order valence-electron chi connectivity index (χ2n) is 5.19.